The standard InChI is InChI=1S/C16H21N3O3/c20-11-12-6-8-18(9-7-12)14-5-4-13(10-17-14)19-15(21)2-1-3-16(19)22/h4-5,10,12,20H,1-3,6-9,11H2. The molecule has 118 valence electrons. The number of imide groups is 1. The van der Waals surface area contributed by atoms with Crippen LogP contribution >= 0.6 is 0 Å². The Bertz CT molecular complexity index is 534. The summed E-state index contributed by atoms with van der Waals surface area (Å²) in [6.45, 7) is 2.00. The Morgan fingerprint density at radius 2 is 1.82 bits per heavy atom. The molecule has 3 heterocycles. The minimum absolute atomic E-state index is 0.144. The van der Waals surface area contributed by atoms with E-state index in [9.17, 15) is 14.7 Å². The number of piperidine rings is 2. The van der Waals surface area contributed by atoms with Gasteiger partial charge in [0, 0.05) is 32.5 Å². The lowest BCUT2D eigenvalue weighted by Crippen LogP contribution is -2.40. The van der Waals surface area contributed by atoms with Gasteiger partial charge >= 0.3 is 0 Å². The van der Waals surface area contributed by atoms with E-state index >= 15 is 0 Å². The second-order valence-corrected chi connectivity index (χ2v) is 5.96. The van der Waals surface area contributed by atoms with E-state index in [-0.39, 0.29) is 18.4 Å². The average Bonchev–Trinajstić information content (AvgIpc) is 2.55. The number of aromatic nitrogens is 1. The summed E-state index contributed by atoms with van der Waals surface area (Å²) >= 11 is 0. The van der Waals surface area contributed by atoms with Crippen LogP contribution in [0.3, 0.4) is 0 Å². The number of nitrogens with zero attached hydrogens (tertiary/aromatic N) is 3. The molecule has 6 heteroatoms. The van der Waals surface area contributed by atoms with Crippen LogP contribution in [0.25, 0.3) is 0 Å². The van der Waals surface area contributed by atoms with Crippen molar-refractivity contribution in [2.75, 3.05) is 29.5 Å². The summed E-state index contributed by atoms with van der Waals surface area (Å²) in [7, 11) is 0. The zero-order chi connectivity index (χ0) is 15.5. The van der Waals surface area contributed by atoms with Gasteiger partial charge in [0.2, 0.25) is 11.8 Å². The van der Waals surface area contributed by atoms with E-state index in [0.29, 0.717) is 30.9 Å². The van der Waals surface area contributed by atoms with E-state index in [0.717, 1.165) is 31.7 Å². The second-order valence-electron chi connectivity index (χ2n) is 5.96. The van der Waals surface area contributed by atoms with Crippen LogP contribution in [0.5, 0.6) is 0 Å². The van der Waals surface area contributed by atoms with E-state index in [1.165, 1.54) is 4.90 Å². The molecule has 2 amide bonds. The average molecular weight is 303 g/mol. The zero-order valence-electron chi connectivity index (χ0n) is 12.6. The van der Waals surface area contributed by atoms with Crippen LogP contribution < -0.4 is 9.80 Å². The molecule has 2 saturated heterocycles. The van der Waals surface area contributed by atoms with Gasteiger partial charge in [-0.2, -0.15) is 0 Å². The Kier molecular flexibility index (Phi) is 4.38. The summed E-state index contributed by atoms with van der Waals surface area (Å²) < 4.78 is 0. The van der Waals surface area contributed by atoms with Crippen LogP contribution in [0.15, 0.2) is 18.3 Å². The Morgan fingerprint density at radius 1 is 1.14 bits per heavy atom. The fourth-order valence-electron chi connectivity index (χ4n) is 3.08. The Morgan fingerprint density at radius 3 is 2.36 bits per heavy atom. The molecule has 6 nitrogen and oxygen atoms in total. The van der Waals surface area contributed by atoms with Crippen molar-refractivity contribution < 1.29 is 14.7 Å². The highest BCUT2D eigenvalue weighted by Crippen LogP contribution is 2.25. The molecule has 1 aromatic rings. The van der Waals surface area contributed by atoms with E-state index in [1.807, 2.05) is 6.07 Å². The van der Waals surface area contributed by atoms with E-state index in [1.54, 1.807) is 12.3 Å². The van der Waals surface area contributed by atoms with Gasteiger partial charge < -0.3 is 10.0 Å². The molecule has 0 atom stereocenters. The van der Waals surface area contributed by atoms with Gasteiger partial charge in [-0.25, -0.2) is 9.88 Å². The quantitative estimate of drug-likeness (QED) is 0.853. The maximum Gasteiger partial charge on any atom is 0.233 e. The molecule has 0 unspecified atom stereocenters. The van der Waals surface area contributed by atoms with Crippen molar-refractivity contribution in [1.82, 2.24) is 4.98 Å². The molecule has 0 saturated carbocycles. The number of carbonyl (C=O) groups is 2. The Labute approximate surface area is 129 Å². The molecule has 1 N–H and O–H groups in total. The highest BCUT2D eigenvalue weighted by molar-refractivity contribution is 6.16. The third kappa shape index (κ3) is 2.97. The summed E-state index contributed by atoms with van der Waals surface area (Å²) in [5.41, 5.74) is 0.559. The topological polar surface area (TPSA) is 73.7 Å². The number of aliphatic hydroxyl groups is 1. The van der Waals surface area contributed by atoms with Crippen molar-refractivity contribution in [3.8, 4) is 0 Å². The molecule has 2 fully saturated rings. The molecule has 3 rings (SSSR count). The number of anilines is 2. The third-order valence-corrected chi connectivity index (χ3v) is 4.47. The van der Waals surface area contributed by atoms with Crippen LogP contribution in [0.4, 0.5) is 11.5 Å². The minimum atomic E-state index is -0.144. The fraction of sp³-hybridized carbons (Fsp3) is 0.562. The van der Waals surface area contributed by atoms with Gasteiger partial charge in [0.25, 0.3) is 0 Å². The summed E-state index contributed by atoms with van der Waals surface area (Å²) in [5.74, 6) is 0.959. The van der Waals surface area contributed by atoms with Crippen molar-refractivity contribution in [2.24, 2.45) is 5.92 Å². The molecule has 2 aliphatic rings. The SMILES string of the molecule is O=C1CCCC(=O)N1c1ccc(N2CCC(CO)CC2)nc1. The lowest BCUT2D eigenvalue weighted by Gasteiger charge is -2.32. The largest absolute Gasteiger partial charge is 0.396 e. The Balaban J connectivity index is 1.70. The van der Waals surface area contributed by atoms with Gasteiger partial charge in [-0.1, -0.05) is 0 Å². The molecule has 0 aliphatic carbocycles. The number of hydrogen-bond acceptors (Lipinski definition) is 5. The number of rotatable bonds is 3. The van der Waals surface area contributed by atoms with E-state index in [4.69, 9.17) is 0 Å². The summed E-state index contributed by atoms with van der Waals surface area (Å²) in [6, 6.07) is 3.66. The summed E-state index contributed by atoms with van der Waals surface area (Å²) in [6.07, 6.45) is 5.00. The number of aliphatic hydroxyl groups excluding tert-OH is 1. The maximum atomic E-state index is 11.9. The van der Waals surface area contributed by atoms with Gasteiger partial charge in [-0.15, -0.1) is 0 Å². The number of carbonyl (C=O) groups excluding carboxylic acids is 2. The first-order valence-corrected chi connectivity index (χ1v) is 7.86. The minimum Gasteiger partial charge on any atom is -0.396 e. The fourth-order valence-corrected chi connectivity index (χ4v) is 3.08. The lowest BCUT2D eigenvalue weighted by molar-refractivity contribution is -0.129. The monoisotopic (exact) mass is 303 g/mol. The molecule has 0 spiro atoms. The van der Waals surface area contributed by atoms with Crippen molar-refractivity contribution >= 4 is 23.3 Å². The molecule has 1 aromatic heterocycles. The first-order valence-electron chi connectivity index (χ1n) is 7.86. The molecular weight excluding hydrogens is 282 g/mol. The smallest absolute Gasteiger partial charge is 0.233 e. The number of amides is 2. The first-order chi connectivity index (χ1) is 10.7. The number of hydrogen-bond donors (Lipinski definition) is 1. The van der Waals surface area contributed by atoms with E-state index in [2.05, 4.69) is 9.88 Å². The molecular formula is C16H21N3O3. The molecule has 0 aromatic carbocycles. The van der Waals surface area contributed by atoms with Gasteiger partial charge in [0.15, 0.2) is 0 Å². The normalized spacial score (nSPS) is 20.6. The van der Waals surface area contributed by atoms with Gasteiger partial charge in [-0.05, 0) is 37.3 Å². The lowest BCUT2D eigenvalue weighted by atomic mass is 9.98. The Hall–Kier alpha value is -1.95. The molecule has 22 heavy (non-hydrogen) atoms. The first kappa shape index (κ1) is 15.0. The van der Waals surface area contributed by atoms with Crippen LogP contribution in [-0.4, -0.2) is 41.6 Å². The molecule has 2 aliphatic heterocycles. The van der Waals surface area contributed by atoms with Crippen molar-refractivity contribution in [1.29, 1.82) is 0 Å². The van der Waals surface area contributed by atoms with Crippen LogP contribution in [0.1, 0.15) is 32.1 Å². The van der Waals surface area contributed by atoms with Crippen LogP contribution in [-0.2, 0) is 9.59 Å². The van der Waals surface area contributed by atoms with E-state index < -0.39 is 0 Å². The third-order valence-electron chi connectivity index (χ3n) is 4.47. The van der Waals surface area contributed by atoms with Crippen molar-refractivity contribution in [3.05, 3.63) is 18.3 Å². The summed E-state index contributed by atoms with van der Waals surface area (Å²) in [5, 5.41) is 9.17. The zero-order valence-corrected chi connectivity index (χ0v) is 12.6. The van der Waals surface area contributed by atoms with Crippen molar-refractivity contribution in [3.63, 3.8) is 0 Å². The highest BCUT2D eigenvalue weighted by atomic mass is 16.3. The highest BCUT2D eigenvalue weighted by Gasteiger charge is 2.28. The maximum absolute atomic E-state index is 11.9. The molecule has 0 bridgehead atoms. The van der Waals surface area contributed by atoms with Crippen LogP contribution in [0, 0.1) is 5.92 Å². The predicted octanol–water partition coefficient (Wildman–Crippen LogP) is 1.33. The second kappa shape index (κ2) is 6.44. The van der Waals surface area contributed by atoms with Crippen molar-refractivity contribution in [2.45, 2.75) is 32.1 Å². The van der Waals surface area contributed by atoms with Gasteiger partial charge in [0.05, 0.1) is 11.9 Å². The molecule has 0 radical (unpaired) electrons. The predicted molar refractivity (Wildman–Crippen MR) is 82.6 cm³/mol. The summed E-state index contributed by atoms with van der Waals surface area (Å²) in [4.78, 5) is 31.6. The van der Waals surface area contributed by atoms with Gasteiger partial charge in [0.1, 0.15) is 5.82 Å². The number of pyridine rings is 1. The van der Waals surface area contributed by atoms with Gasteiger partial charge in [-0.3, -0.25) is 9.59 Å². The van der Waals surface area contributed by atoms with Crippen LogP contribution in [0.2, 0.25) is 0 Å².